The van der Waals surface area contributed by atoms with E-state index in [0.717, 1.165) is 27.8 Å². The van der Waals surface area contributed by atoms with E-state index in [1.165, 1.54) is 6.07 Å². The van der Waals surface area contributed by atoms with Crippen LogP contribution in [0.15, 0.2) is 78.9 Å². The minimum atomic E-state index is -0.190. The van der Waals surface area contributed by atoms with Crippen molar-refractivity contribution in [2.24, 2.45) is 7.05 Å². The van der Waals surface area contributed by atoms with E-state index in [0.29, 0.717) is 5.52 Å². The number of benzene rings is 3. The molecule has 2 heteroatoms. The van der Waals surface area contributed by atoms with E-state index in [-0.39, 0.29) is 5.82 Å². The van der Waals surface area contributed by atoms with Crippen LogP contribution in [0.2, 0.25) is 0 Å². The smallest absolute Gasteiger partial charge is 0.147 e. The monoisotopic (exact) mass is 301 g/mol. The third kappa shape index (κ3) is 2.15. The minimum Gasteiger partial charge on any atom is -0.341 e. The van der Waals surface area contributed by atoms with Crippen molar-refractivity contribution in [3.63, 3.8) is 0 Å². The maximum Gasteiger partial charge on any atom is 0.147 e. The fourth-order valence-electron chi connectivity index (χ4n) is 3.30. The highest BCUT2D eigenvalue weighted by Gasteiger charge is 2.19. The first-order valence-electron chi connectivity index (χ1n) is 7.65. The van der Waals surface area contributed by atoms with Crippen LogP contribution >= 0.6 is 0 Å². The average Bonchev–Trinajstić information content (AvgIpc) is 2.90. The molecule has 4 aromatic rings. The largest absolute Gasteiger partial charge is 0.341 e. The van der Waals surface area contributed by atoms with Crippen LogP contribution < -0.4 is 0 Å². The van der Waals surface area contributed by atoms with Crippen molar-refractivity contribution in [1.82, 2.24) is 4.57 Å². The van der Waals surface area contributed by atoms with Gasteiger partial charge in [0.15, 0.2) is 0 Å². The zero-order chi connectivity index (χ0) is 15.8. The Balaban J connectivity index is 2.17. The van der Waals surface area contributed by atoms with Gasteiger partial charge in [-0.15, -0.1) is 0 Å². The first-order chi connectivity index (χ1) is 11.3. The molecule has 0 saturated heterocycles. The predicted octanol–water partition coefficient (Wildman–Crippen LogP) is 5.65. The predicted molar refractivity (Wildman–Crippen MR) is 93.7 cm³/mol. The molecular formula is C21H16FN. The van der Waals surface area contributed by atoms with Crippen molar-refractivity contribution >= 4 is 10.9 Å². The lowest BCUT2D eigenvalue weighted by molar-refractivity contribution is 0.632. The molecule has 0 N–H and O–H groups in total. The Kier molecular flexibility index (Phi) is 3.23. The van der Waals surface area contributed by atoms with Gasteiger partial charge in [-0.3, -0.25) is 0 Å². The standard InChI is InChI=1S/C21H16FN/c1-23-20(16-11-6-3-7-12-16)19(15-9-4-2-5-10-15)17-13-8-14-18(22)21(17)23/h2-14H,1H3. The Morgan fingerprint density at radius 1 is 0.696 bits per heavy atom. The lowest BCUT2D eigenvalue weighted by atomic mass is 9.98. The lowest BCUT2D eigenvalue weighted by Crippen LogP contribution is -1.94. The van der Waals surface area contributed by atoms with Crippen LogP contribution in [0.1, 0.15) is 0 Å². The lowest BCUT2D eigenvalue weighted by Gasteiger charge is -2.08. The van der Waals surface area contributed by atoms with Crippen molar-refractivity contribution in [1.29, 1.82) is 0 Å². The van der Waals surface area contributed by atoms with Gasteiger partial charge in [-0.25, -0.2) is 4.39 Å². The number of para-hydroxylation sites is 1. The van der Waals surface area contributed by atoms with Gasteiger partial charge in [0.25, 0.3) is 0 Å². The second-order valence-corrected chi connectivity index (χ2v) is 5.65. The highest BCUT2D eigenvalue weighted by molar-refractivity contribution is 6.04. The molecule has 1 nitrogen and oxygen atoms in total. The molecule has 0 saturated carbocycles. The van der Waals surface area contributed by atoms with E-state index in [4.69, 9.17) is 0 Å². The maximum atomic E-state index is 14.5. The van der Waals surface area contributed by atoms with Gasteiger partial charge in [0.1, 0.15) is 5.82 Å². The Hall–Kier alpha value is -2.87. The topological polar surface area (TPSA) is 4.93 Å². The molecule has 0 radical (unpaired) electrons. The van der Waals surface area contributed by atoms with E-state index in [2.05, 4.69) is 24.3 Å². The number of halogens is 1. The van der Waals surface area contributed by atoms with E-state index >= 15 is 0 Å². The van der Waals surface area contributed by atoms with E-state index in [9.17, 15) is 4.39 Å². The molecule has 0 amide bonds. The summed E-state index contributed by atoms with van der Waals surface area (Å²) in [6.07, 6.45) is 0. The van der Waals surface area contributed by atoms with Gasteiger partial charge >= 0.3 is 0 Å². The molecule has 4 rings (SSSR count). The van der Waals surface area contributed by atoms with Crippen molar-refractivity contribution in [3.8, 4) is 22.4 Å². The summed E-state index contributed by atoms with van der Waals surface area (Å²) in [7, 11) is 1.93. The number of aromatic nitrogens is 1. The van der Waals surface area contributed by atoms with Crippen molar-refractivity contribution in [2.75, 3.05) is 0 Å². The summed E-state index contributed by atoms with van der Waals surface area (Å²) in [4.78, 5) is 0. The highest BCUT2D eigenvalue weighted by atomic mass is 19.1. The van der Waals surface area contributed by atoms with E-state index in [1.807, 2.05) is 54.1 Å². The SMILES string of the molecule is Cn1c(-c2ccccc2)c(-c2ccccc2)c2cccc(F)c21. The van der Waals surface area contributed by atoms with Crippen LogP contribution in [-0.4, -0.2) is 4.57 Å². The third-order valence-electron chi connectivity index (χ3n) is 4.27. The molecule has 0 aliphatic rings. The van der Waals surface area contributed by atoms with Crippen molar-refractivity contribution in [3.05, 3.63) is 84.7 Å². The second-order valence-electron chi connectivity index (χ2n) is 5.65. The second kappa shape index (κ2) is 5.40. The molecule has 0 atom stereocenters. The molecule has 23 heavy (non-hydrogen) atoms. The van der Waals surface area contributed by atoms with Gasteiger partial charge < -0.3 is 4.57 Å². The van der Waals surface area contributed by atoms with Crippen LogP contribution in [-0.2, 0) is 7.05 Å². The van der Waals surface area contributed by atoms with Crippen molar-refractivity contribution in [2.45, 2.75) is 0 Å². The molecule has 1 heterocycles. The fraction of sp³-hybridized carbons (Fsp3) is 0.0476. The summed E-state index contributed by atoms with van der Waals surface area (Å²) in [6, 6.07) is 25.6. The maximum absolute atomic E-state index is 14.5. The van der Waals surface area contributed by atoms with Crippen LogP contribution in [0.3, 0.4) is 0 Å². The molecule has 0 fully saturated rings. The highest BCUT2D eigenvalue weighted by Crippen LogP contribution is 2.40. The number of rotatable bonds is 2. The molecule has 1 aromatic heterocycles. The molecule has 0 aliphatic carbocycles. The Morgan fingerprint density at radius 3 is 1.96 bits per heavy atom. The summed E-state index contributed by atoms with van der Waals surface area (Å²) in [5, 5.41) is 0.942. The molecule has 0 aliphatic heterocycles. The summed E-state index contributed by atoms with van der Waals surface area (Å²) >= 11 is 0. The van der Waals surface area contributed by atoms with Gasteiger partial charge in [0.2, 0.25) is 0 Å². The van der Waals surface area contributed by atoms with Crippen LogP contribution in [0, 0.1) is 5.82 Å². The van der Waals surface area contributed by atoms with E-state index < -0.39 is 0 Å². The Bertz CT molecular complexity index is 969. The van der Waals surface area contributed by atoms with Gasteiger partial charge in [-0.1, -0.05) is 72.8 Å². The number of fused-ring (bicyclic) bond motifs is 1. The number of nitrogens with zero attached hydrogens (tertiary/aromatic N) is 1. The average molecular weight is 301 g/mol. The third-order valence-corrected chi connectivity index (χ3v) is 4.27. The number of hydrogen-bond acceptors (Lipinski definition) is 0. The van der Waals surface area contributed by atoms with Gasteiger partial charge in [-0.05, 0) is 17.2 Å². The normalized spacial score (nSPS) is 11.0. The van der Waals surface area contributed by atoms with Gasteiger partial charge in [-0.2, -0.15) is 0 Å². The number of aryl methyl sites for hydroxylation is 1. The zero-order valence-corrected chi connectivity index (χ0v) is 12.8. The van der Waals surface area contributed by atoms with Gasteiger partial charge in [0.05, 0.1) is 11.2 Å². The van der Waals surface area contributed by atoms with Crippen LogP contribution in [0.25, 0.3) is 33.3 Å². The molecule has 112 valence electrons. The molecule has 0 unspecified atom stereocenters. The molecular weight excluding hydrogens is 285 g/mol. The summed E-state index contributed by atoms with van der Waals surface area (Å²) in [5.74, 6) is -0.190. The van der Waals surface area contributed by atoms with Crippen LogP contribution in [0.4, 0.5) is 4.39 Å². The zero-order valence-electron chi connectivity index (χ0n) is 12.8. The van der Waals surface area contributed by atoms with Gasteiger partial charge in [0, 0.05) is 18.0 Å². The summed E-state index contributed by atoms with van der Waals surface area (Å²) in [6.45, 7) is 0. The van der Waals surface area contributed by atoms with Crippen molar-refractivity contribution < 1.29 is 4.39 Å². The molecule has 3 aromatic carbocycles. The summed E-state index contributed by atoms with van der Waals surface area (Å²) in [5.41, 5.74) is 4.95. The van der Waals surface area contributed by atoms with Crippen LogP contribution in [0.5, 0.6) is 0 Å². The molecule has 0 spiro atoms. The molecule has 0 bridgehead atoms. The van der Waals surface area contributed by atoms with E-state index in [1.54, 1.807) is 6.07 Å². The minimum absolute atomic E-state index is 0.190. The quantitative estimate of drug-likeness (QED) is 0.451. The summed E-state index contributed by atoms with van der Waals surface area (Å²) < 4.78 is 16.4. The number of hydrogen-bond donors (Lipinski definition) is 0. The first-order valence-corrected chi connectivity index (χ1v) is 7.65. The Morgan fingerprint density at radius 2 is 1.30 bits per heavy atom. The first kappa shape index (κ1) is 13.8. The fourth-order valence-corrected chi connectivity index (χ4v) is 3.30. The Labute approximate surface area is 134 Å².